The minimum atomic E-state index is 0.327. The average Bonchev–Trinajstić information content (AvgIpc) is 3.08. The highest BCUT2D eigenvalue weighted by atomic mass is 79.9. The number of hydrogen-bond donors (Lipinski definition) is 0. The van der Waals surface area contributed by atoms with Gasteiger partial charge in [-0.05, 0) is 35.7 Å². The molecule has 0 unspecified atom stereocenters. The highest BCUT2D eigenvalue weighted by Gasteiger charge is 2.30. The molecule has 1 aliphatic carbocycles. The predicted octanol–water partition coefficient (Wildman–Crippen LogP) is 4.61. The summed E-state index contributed by atoms with van der Waals surface area (Å²) >= 11 is 10.0. The third kappa shape index (κ3) is 1.77. The third-order valence-electron chi connectivity index (χ3n) is 3.36. The van der Waals surface area contributed by atoms with E-state index in [-0.39, 0.29) is 0 Å². The molecule has 0 atom stereocenters. The van der Waals surface area contributed by atoms with Gasteiger partial charge in [-0.25, -0.2) is 9.97 Å². The second-order valence-electron chi connectivity index (χ2n) is 5.23. The van der Waals surface area contributed by atoms with E-state index in [1.807, 2.05) is 6.92 Å². The molecule has 96 valence electrons. The molecule has 2 aromatic heterocycles. The summed E-state index contributed by atoms with van der Waals surface area (Å²) in [6.45, 7) is 6.25. The first kappa shape index (κ1) is 12.4. The van der Waals surface area contributed by atoms with Crippen molar-refractivity contribution < 1.29 is 0 Å². The lowest BCUT2D eigenvalue weighted by Crippen LogP contribution is -2.03. The van der Waals surface area contributed by atoms with Crippen LogP contribution in [0.15, 0.2) is 4.47 Å². The minimum Gasteiger partial charge on any atom is -0.312 e. The maximum atomic E-state index is 6.42. The van der Waals surface area contributed by atoms with Gasteiger partial charge < -0.3 is 4.57 Å². The largest absolute Gasteiger partial charge is 0.312 e. The van der Waals surface area contributed by atoms with Crippen molar-refractivity contribution in [2.75, 3.05) is 0 Å². The van der Waals surface area contributed by atoms with Crippen LogP contribution in [-0.2, 0) is 0 Å². The minimum absolute atomic E-state index is 0.327. The molecular weight excluding hydrogens is 314 g/mol. The molecule has 3 rings (SSSR count). The van der Waals surface area contributed by atoms with Gasteiger partial charge >= 0.3 is 0 Å². The van der Waals surface area contributed by atoms with E-state index in [0.29, 0.717) is 12.0 Å². The molecule has 0 amide bonds. The van der Waals surface area contributed by atoms with Crippen LogP contribution < -0.4 is 0 Å². The van der Waals surface area contributed by atoms with Crippen LogP contribution in [0.1, 0.15) is 50.2 Å². The van der Waals surface area contributed by atoms with Crippen LogP contribution >= 0.6 is 27.5 Å². The normalized spacial score (nSPS) is 15.9. The van der Waals surface area contributed by atoms with Gasteiger partial charge in [0.25, 0.3) is 0 Å². The molecule has 18 heavy (non-hydrogen) atoms. The Morgan fingerprint density at radius 3 is 2.56 bits per heavy atom. The first-order valence-electron chi connectivity index (χ1n) is 6.24. The van der Waals surface area contributed by atoms with Crippen LogP contribution in [0.3, 0.4) is 0 Å². The van der Waals surface area contributed by atoms with Gasteiger partial charge in [0.05, 0.1) is 15.6 Å². The molecule has 1 aliphatic rings. The monoisotopic (exact) mass is 327 g/mol. The quantitative estimate of drug-likeness (QED) is 0.805. The van der Waals surface area contributed by atoms with Crippen molar-refractivity contribution in [2.45, 2.75) is 45.6 Å². The van der Waals surface area contributed by atoms with Gasteiger partial charge in [0.2, 0.25) is 0 Å². The van der Waals surface area contributed by atoms with Crippen LogP contribution in [0.4, 0.5) is 0 Å². The molecule has 1 saturated carbocycles. The summed E-state index contributed by atoms with van der Waals surface area (Å²) < 4.78 is 3.08. The molecule has 0 saturated heterocycles. The number of rotatable bonds is 2. The Balaban J connectivity index is 2.36. The fraction of sp³-hybridized carbons (Fsp3) is 0.538. The molecule has 0 aliphatic heterocycles. The van der Waals surface area contributed by atoms with Gasteiger partial charge in [-0.15, -0.1) is 0 Å². The van der Waals surface area contributed by atoms with Crippen molar-refractivity contribution in [1.29, 1.82) is 0 Å². The SMILES string of the molecule is Cc1nc(C(C)C)nc2c1c(Br)c(Cl)n2C1CC1. The second kappa shape index (κ2) is 4.20. The zero-order valence-corrected chi connectivity index (χ0v) is 13.0. The van der Waals surface area contributed by atoms with Gasteiger partial charge in [0, 0.05) is 12.0 Å². The van der Waals surface area contributed by atoms with Crippen LogP contribution in [-0.4, -0.2) is 14.5 Å². The Morgan fingerprint density at radius 1 is 1.33 bits per heavy atom. The summed E-state index contributed by atoms with van der Waals surface area (Å²) in [5, 5.41) is 1.81. The molecule has 0 bridgehead atoms. The van der Waals surface area contributed by atoms with E-state index in [9.17, 15) is 0 Å². The predicted molar refractivity (Wildman–Crippen MR) is 77.3 cm³/mol. The van der Waals surface area contributed by atoms with Crippen molar-refractivity contribution >= 4 is 38.6 Å². The van der Waals surface area contributed by atoms with E-state index < -0.39 is 0 Å². The van der Waals surface area contributed by atoms with Crippen LogP contribution in [0.5, 0.6) is 0 Å². The van der Waals surface area contributed by atoms with Gasteiger partial charge in [-0.3, -0.25) is 0 Å². The van der Waals surface area contributed by atoms with Gasteiger partial charge in [0.1, 0.15) is 16.6 Å². The number of aromatic nitrogens is 3. The summed E-state index contributed by atoms with van der Waals surface area (Å²) in [6, 6.07) is 0.514. The van der Waals surface area contributed by atoms with Crippen molar-refractivity contribution in [3.63, 3.8) is 0 Å². The van der Waals surface area contributed by atoms with E-state index in [1.165, 1.54) is 12.8 Å². The van der Waals surface area contributed by atoms with Gasteiger partial charge in [0.15, 0.2) is 0 Å². The number of aryl methyl sites for hydroxylation is 1. The van der Waals surface area contributed by atoms with Crippen LogP contribution in [0, 0.1) is 6.92 Å². The molecule has 0 N–H and O–H groups in total. The lowest BCUT2D eigenvalue weighted by Gasteiger charge is -2.08. The average molecular weight is 329 g/mol. The number of fused-ring (bicyclic) bond motifs is 1. The smallest absolute Gasteiger partial charge is 0.146 e. The fourth-order valence-electron chi connectivity index (χ4n) is 2.24. The van der Waals surface area contributed by atoms with Crippen LogP contribution in [0.2, 0.25) is 5.15 Å². The Bertz CT molecular complexity index is 629. The summed E-state index contributed by atoms with van der Waals surface area (Å²) in [7, 11) is 0. The lowest BCUT2D eigenvalue weighted by atomic mass is 10.2. The maximum Gasteiger partial charge on any atom is 0.146 e. The van der Waals surface area contributed by atoms with Crippen LogP contribution in [0.25, 0.3) is 11.0 Å². The van der Waals surface area contributed by atoms with E-state index >= 15 is 0 Å². The second-order valence-corrected chi connectivity index (χ2v) is 6.38. The Hall–Kier alpha value is -0.610. The van der Waals surface area contributed by atoms with Crippen molar-refractivity contribution in [3.8, 4) is 0 Å². The first-order chi connectivity index (χ1) is 8.50. The zero-order chi connectivity index (χ0) is 13.0. The van der Waals surface area contributed by atoms with Crippen molar-refractivity contribution in [3.05, 3.63) is 21.1 Å². The zero-order valence-electron chi connectivity index (χ0n) is 10.7. The highest BCUT2D eigenvalue weighted by molar-refractivity contribution is 9.10. The Morgan fingerprint density at radius 2 is 2.00 bits per heavy atom. The molecule has 1 fully saturated rings. The standard InChI is InChI=1S/C13H15BrClN3/c1-6(2)12-16-7(3)9-10(14)11(15)18(8-4-5-8)13(9)17-12/h6,8H,4-5H2,1-3H3. The van der Waals surface area contributed by atoms with E-state index in [1.54, 1.807) is 0 Å². The molecule has 3 nitrogen and oxygen atoms in total. The molecule has 5 heteroatoms. The van der Waals surface area contributed by atoms with Crippen molar-refractivity contribution in [2.24, 2.45) is 0 Å². The topological polar surface area (TPSA) is 30.7 Å². The van der Waals surface area contributed by atoms with E-state index in [0.717, 1.165) is 32.2 Å². The van der Waals surface area contributed by atoms with Gasteiger partial charge in [-0.2, -0.15) is 0 Å². The summed E-state index contributed by atoms with van der Waals surface area (Å²) in [5.74, 6) is 1.22. The lowest BCUT2D eigenvalue weighted by molar-refractivity contribution is 0.738. The fourth-order valence-corrected chi connectivity index (χ4v) is 3.20. The van der Waals surface area contributed by atoms with E-state index in [2.05, 4.69) is 39.3 Å². The number of hydrogen-bond acceptors (Lipinski definition) is 2. The van der Waals surface area contributed by atoms with Crippen molar-refractivity contribution in [1.82, 2.24) is 14.5 Å². The summed E-state index contributed by atoms with van der Waals surface area (Å²) in [6.07, 6.45) is 2.38. The molecule has 2 aromatic rings. The summed E-state index contributed by atoms with van der Waals surface area (Å²) in [4.78, 5) is 9.30. The first-order valence-corrected chi connectivity index (χ1v) is 7.41. The molecule has 0 aromatic carbocycles. The molecule has 2 heterocycles. The third-order valence-corrected chi connectivity index (χ3v) is 4.73. The number of nitrogens with zero attached hydrogens (tertiary/aromatic N) is 3. The molecule has 0 spiro atoms. The maximum absolute atomic E-state index is 6.42. The molecular formula is C13H15BrClN3. The van der Waals surface area contributed by atoms with Gasteiger partial charge in [-0.1, -0.05) is 25.4 Å². The molecule has 0 radical (unpaired) electrons. The summed E-state index contributed by atoms with van der Waals surface area (Å²) in [5.41, 5.74) is 1.97. The highest BCUT2D eigenvalue weighted by Crippen LogP contribution is 2.45. The number of halogens is 2. The Kier molecular flexibility index (Phi) is 2.90. The van der Waals surface area contributed by atoms with E-state index in [4.69, 9.17) is 16.6 Å². The Labute approximate surface area is 120 Å².